The molecular weight excluding hydrogens is 207 g/mol. The second-order valence-electron chi connectivity index (χ2n) is 3.48. The van der Waals surface area contributed by atoms with Gasteiger partial charge < -0.3 is 4.74 Å². The summed E-state index contributed by atoms with van der Waals surface area (Å²) in [6, 6.07) is 3.43. The predicted molar refractivity (Wildman–Crippen MR) is 60.8 cm³/mol. The molecule has 16 heavy (non-hydrogen) atoms. The fourth-order valence-electron chi connectivity index (χ4n) is 1.55. The molecule has 0 bridgehead atoms. The number of nitrogens with zero attached hydrogens (tertiary/aromatic N) is 2. The SMILES string of the molecule is C=C(C)c1c(F)cnc2ccc(OC)nc12. The second-order valence-corrected chi connectivity index (χ2v) is 3.48. The molecule has 0 unspecified atom stereocenters. The van der Waals surface area contributed by atoms with Crippen molar-refractivity contribution in [3.8, 4) is 5.88 Å². The molecule has 0 radical (unpaired) electrons. The van der Waals surface area contributed by atoms with Gasteiger partial charge in [-0.05, 0) is 18.6 Å². The van der Waals surface area contributed by atoms with Gasteiger partial charge in [0.1, 0.15) is 5.52 Å². The third-order valence-corrected chi connectivity index (χ3v) is 2.28. The summed E-state index contributed by atoms with van der Waals surface area (Å²) < 4.78 is 18.6. The summed E-state index contributed by atoms with van der Waals surface area (Å²) in [4.78, 5) is 8.16. The topological polar surface area (TPSA) is 35.0 Å². The van der Waals surface area contributed by atoms with Gasteiger partial charge in [0.25, 0.3) is 0 Å². The van der Waals surface area contributed by atoms with E-state index in [2.05, 4.69) is 16.5 Å². The van der Waals surface area contributed by atoms with Gasteiger partial charge in [0.15, 0.2) is 5.82 Å². The number of fused-ring (bicyclic) bond motifs is 1. The molecule has 0 saturated heterocycles. The molecule has 0 spiro atoms. The normalized spacial score (nSPS) is 10.4. The first-order valence-electron chi connectivity index (χ1n) is 4.78. The first-order valence-corrected chi connectivity index (χ1v) is 4.78. The lowest BCUT2D eigenvalue weighted by Gasteiger charge is -2.07. The van der Waals surface area contributed by atoms with Gasteiger partial charge in [0.05, 0.1) is 18.8 Å². The van der Waals surface area contributed by atoms with E-state index in [1.165, 1.54) is 13.3 Å². The fourth-order valence-corrected chi connectivity index (χ4v) is 1.55. The zero-order valence-electron chi connectivity index (χ0n) is 9.12. The Morgan fingerprint density at radius 2 is 2.19 bits per heavy atom. The molecule has 0 aliphatic heterocycles. The fraction of sp³-hybridized carbons (Fsp3) is 0.167. The number of allylic oxidation sites excluding steroid dienone is 1. The number of aromatic nitrogens is 2. The minimum Gasteiger partial charge on any atom is -0.481 e. The molecule has 0 aliphatic rings. The minimum atomic E-state index is -0.416. The van der Waals surface area contributed by atoms with E-state index >= 15 is 0 Å². The lowest BCUT2D eigenvalue weighted by molar-refractivity contribution is 0.399. The van der Waals surface area contributed by atoms with E-state index in [9.17, 15) is 4.39 Å². The molecule has 82 valence electrons. The van der Waals surface area contributed by atoms with Crippen molar-refractivity contribution in [2.24, 2.45) is 0 Å². The van der Waals surface area contributed by atoms with Crippen LogP contribution in [0.4, 0.5) is 4.39 Å². The van der Waals surface area contributed by atoms with Gasteiger partial charge >= 0.3 is 0 Å². The lowest BCUT2D eigenvalue weighted by atomic mass is 10.1. The van der Waals surface area contributed by atoms with Crippen LogP contribution in [0.5, 0.6) is 5.88 Å². The van der Waals surface area contributed by atoms with Crippen molar-refractivity contribution in [1.29, 1.82) is 0 Å². The van der Waals surface area contributed by atoms with Crippen molar-refractivity contribution < 1.29 is 9.13 Å². The quantitative estimate of drug-likeness (QED) is 0.777. The average molecular weight is 218 g/mol. The molecule has 0 saturated carbocycles. The minimum absolute atomic E-state index is 0.393. The van der Waals surface area contributed by atoms with Crippen LogP contribution in [0.15, 0.2) is 24.9 Å². The maximum Gasteiger partial charge on any atom is 0.213 e. The third kappa shape index (κ3) is 1.62. The Kier molecular flexibility index (Phi) is 2.56. The van der Waals surface area contributed by atoms with Crippen LogP contribution < -0.4 is 4.74 Å². The van der Waals surface area contributed by atoms with Crippen molar-refractivity contribution in [3.63, 3.8) is 0 Å². The van der Waals surface area contributed by atoms with E-state index in [1.807, 2.05) is 0 Å². The van der Waals surface area contributed by atoms with Gasteiger partial charge in [-0.3, -0.25) is 4.98 Å². The van der Waals surface area contributed by atoms with Gasteiger partial charge in [0, 0.05) is 11.6 Å². The largest absolute Gasteiger partial charge is 0.481 e. The van der Waals surface area contributed by atoms with Crippen molar-refractivity contribution in [3.05, 3.63) is 36.3 Å². The molecule has 0 aliphatic carbocycles. The van der Waals surface area contributed by atoms with Gasteiger partial charge in [-0.15, -0.1) is 0 Å². The Balaban J connectivity index is 2.83. The summed E-state index contributed by atoms with van der Waals surface area (Å²) >= 11 is 0. The molecule has 0 aromatic carbocycles. The van der Waals surface area contributed by atoms with Gasteiger partial charge in [-0.2, -0.15) is 0 Å². The van der Waals surface area contributed by atoms with Gasteiger partial charge in [-0.1, -0.05) is 6.58 Å². The molecule has 2 aromatic rings. The Hall–Kier alpha value is -1.97. The Morgan fingerprint density at radius 1 is 1.44 bits per heavy atom. The zero-order chi connectivity index (χ0) is 11.7. The first kappa shape index (κ1) is 10.5. The molecule has 3 nitrogen and oxygen atoms in total. The molecule has 2 aromatic heterocycles. The predicted octanol–water partition coefficient (Wildman–Crippen LogP) is 2.81. The summed E-state index contributed by atoms with van der Waals surface area (Å²) in [6.07, 6.45) is 1.18. The van der Waals surface area contributed by atoms with E-state index in [4.69, 9.17) is 4.74 Å². The highest BCUT2D eigenvalue weighted by atomic mass is 19.1. The Bertz CT molecular complexity index is 566. The average Bonchev–Trinajstić information content (AvgIpc) is 2.27. The van der Waals surface area contributed by atoms with Crippen LogP contribution >= 0.6 is 0 Å². The number of pyridine rings is 2. The molecule has 2 rings (SSSR count). The monoisotopic (exact) mass is 218 g/mol. The maximum absolute atomic E-state index is 13.6. The van der Waals surface area contributed by atoms with Crippen molar-refractivity contribution in [2.45, 2.75) is 6.92 Å². The van der Waals surface area contributed by atoms with Crippen LogP contribution in [0, 0.1) is 5.82 Å². The number of rotatable bonds is 2. The number of hydrogen-bond acceptors (Lipinski definition) is 3. The van der Waals surface area contributed by atoms with E-state index in [1.54, 1.807) is 19.1 Å². The highest BCUT2D eigenvalue weighted by Crippen LogP contribution is 2.25. The highest BCUT2D eigenvalue weighted by molar-refractivity contribution is 5.87. The second kappa shape index (κ2) is 3.89. The smallest absolute Gasteiger partial charge is 0.213 e. The zero-order valence-corrected chi connectivity index (χ0v) is 9.12. The Labute approximate surface area is 92.6 Å². The summed E-state index contributed by atoms with van der Waals surface area (Å²) in [7, 11) is 1.52. The highest BCUT2D eigenvalue weighted by Gasteiger charge is 2.11. The van der Waals surface area contributed by atoms with Gasteiger partial charge in [0.2, 0.25) is 5.88 Å². The summed E-state index contributed by atoms with van der Waals surface area (Å²) in [6.45, 7) is 5.48. The van der Waals surface area contributed by atoms with E-state index in [-0.39, 0.29) is 0 Å². The van der Waals surface area contributed by atoms with Crippen molar-refractivity contribution in [1.82, 2.24) is 9.97 Å². The van der Waals surface area contributed by atoms with Crippen LogP contribution in [0.25, 0.3) is 16.6 Å². The van der Waals surface area contributed by atoms with Crippen LogP contribution in [0.1, 0.15) is 12.5 Å². The van der Waals surface area contributed by atoms with Crippen LogP contribution in [0.2, 0.25) is 0 Å². The van der Waals surface area contributed by atoms with Crippen LogP contribution in [-0.4, -0.2) is 17.1 Å². The third-order valence-electron chi connectivity index (χ3n) is 2.28. The summed E-state index contributed by atoms with van der Waals surface area (Å²) in [5.41, 5.74) is 2.11. The molecule has 0 atom stereocenters. The number of ether oxygens (including phenoxy) is 1. The number of halogens is 1. The Morgan fingerprint density at radius 3 is 2.81 bits per heavy atom. The van der Waals surface area contributed by atoms with E-state index < -0.39 is 5.82 Å². The summed E-state index contributed by atoms with van der Waals surface area (Å²) in [5, 5.41) is 0. The standard InChI is InChI=1S/C12H11FN2O/c1-7(2)11-8(13)6-14-9-4-5-10(16-3)15-12(9)11/h4-6H,1H2,2-3H3. The van der Waals surface area contributed by atoms with E-state index in [0.717, 1.165) is 0 Å². The van der Waals surface area contributed by atoms with Crippen LogP contribution in [0.3, 0.4) is 0 Å². The number of hydrogen-bond donors (Lipinski definition) is 0. The lowest BCUT2D eigenvalue weighted by Crippen LogP contribution is -1.96. The van der Waals surface area contributed by atoms with Crippen molar-refractivity contribution in [2.75, 3.05) is 7.11 Å². The molecular formula is C12H11FN2O. The molecule has 0 amide bonds. The van der Waals surface area contributed by atoms with Crippen LogP contribution in [-0.2, 0) is 0 Å². The molecule has 2 heterocycles. The first-order chi connectivity index (χ1) is 7.63. The number of methoxy groups -OCH3 is 1. The molecule has 0 fully saturated rings. The maximum atomic E-state index is 13.6. The van der Waals surface area contributed by atoms with E-state index in [0.29, 0.717) is 28.0 Å². The summed E-state index contributed by atoms with van der Waals surface area (Å²) in [5.74, 6) is 0.0168. The molecule has 0 N–H and O–H groups in total. The van der Waals surface area contributed by atoms with Crippen molar-refractivity contribution >= 4 is 16.6 Å². The molecule has 4 heteroatoms. The van der Waals surface area contributed by atoms with Gasteiger partial charge in [-0.25, -0.2) is 9.37 Å².